The lowest BCUT2D eigenvalue weighted by Crippen LogP contribution is -2.13. The quantitative estimate of drug-likeness (QED) is 0.363. The van der Waals surface area contributed by atoms with Crippen LogP contribution in [0.15, 0.2) is 36.7 Å². The number of rotatable bonds is 7. The molecular formula is C23H22F3N5O3. The smallest absolute Gasteiger partial charge is 0.389 e. The Labute approximate surface area is 192 Å². The van der Waals surface area contributed by atoms with Crippen LogP contribution in [0.2, 0.25) is 0 Å². The van der Waals surface area contributed by atoms with Crippen molar-refractivity contribution < 1.29 is 27.4 Å². The highest BCUT2D eigenvalue weighted by molar-refractivity contribution is 6.02. The van der Waals surface area contributed by atoms with Crippen molar-refractivity contribution in [3.8, 4) is 28.6 Å². The largest absolute Gasteiger partial charge is 0.496 e. The summed E-state index contributed by atoms with van der Waals surface area (Å²) in [4.78, 5) is 17.0. The van der Waals surface area contributed by atoms with Gasteiger partial charge in [0.2, 0.25) is 0 Å². The van der Waals surface area contributed by atoms with Crippen LogP contribution in [-0.2, 0) is 7.05 Å². The number of hydrogen-bond acceptors (Lipinski definition) is 6. The standard InChI is InChI=1S/C23H22F3N5O3/c1-13-28-29-22(30(13)2)14-5-6-17-16(9-14)27-12-31(17)15-10-19(33-3)21(20(11-15)34-4)18(32)7-8-23(24,25)26/h5-6,9-12H,7-8H2,1-4H3. The first kappa shape index (κ1) is 23.3. The normalized spacial score (nSPS) is 11.7. The van der Waals surface area contributed by atoms with Gasteiger partial charge in [0.05, 0.1) is 37.4 Å². The molecule has 178 valence electrons. The summed E-state index contributed by atoms with van der Waals surface area (Å²) in [5.74, 6) is 1.02. The van der Waals surface area contributed by atoms with Crippen LogP contribution >= 0.6 is 0 Å². The number of Topliss-reactive ketones (excluding diaryl/α,β-unsaturated/α-hetero) is 1. The topological polar surface area (TPSA) is 84.1 Å². The Bertz CT molecular complexity index is 1350. The summed E-state index contributed by atoms with van der Waals surface area (Å²) in [6.07, 6.45) is -4.75. The van der Waals surface area contributed by atoms with E-state index in [0.29, 0.717) is 17.0 Å². The zero-order valence-corrected chi connectivity index (χ0v) is 19.0. The zero-order valence-electron chi connectivity index (χ0n) is 19.0. The van der Waals surface area contributed by atoms with E-state index in [0.717, 1.165) is 16.9 Å². The van der Waals surface area contributed by atoms with Gasteiger partial charge in [0.25, 0.3) is 0 Å². The molecule has 0 aliphatic heterocycles. The van der Waals surface area contributed by atoms with Crippen LogP contribution in [0.3, 0.4) is 0 Å². The van der Waals surface area contributed by atoms with E-state index in [4.69, 9.17) is 9.47 Å². The van der Waals surface area contributed by atoms with Crippen molar-refractivity contribution in [2.24, 2.45) is 7.05 Å². The number of fused-ring (bicyclic) bond motifs is 1. The third-order valence-corrected chi connectivity index (χ3v) is 5.58. The number of nitrogens with zero attached hydrogens (tertiary/aromatic N) is 5. The summed E-state index contributed by atoms with van der Waals surface area (Å²) in [6.45, 7) is 1.86. The van der Waals surface area contributed by atoms with Crippen molar-refractivity contribution in [1.29, 1.82) is 0 Å². The SMILES string of the molecule is COc1cc(-n2cnc3cc(-c4nnc(C)n4C)ccc32)cc(OC)c1C(=O)CCC(F)(F)F. The van der Waals surface area contributed by atoms with Crippen molar-refractivity contribution in [3.05, 3.63) is 48.0 Å². The van der Waals surface area contributed by atoms with Crippen LogP contribution in [0.4, 0.5) is 13.2 Å². The molecule has 2 heterocycles. The number of benzene rings is 2. The predicted molar refractivity (Wildman–Crippen MR) is 119 cm³/mol. The molecule has 0 N–H and O–H groups in total. The number of imidazole rings is 1. The van der Waals surface area contributed by atoms with Gasteiger partial charge in [0.1, 0.15) is 29.2 Å². The Morgan fingerprint density at radius 3 is 2.29 bits per heavy atom. The zero-order chi connectivity index (χ0) is 24.6. The number of halogens is 3. The maximum Gasteiger partial charge on any atom is 0.389 e. The molecule has 0 aliphatic carbocycles. The number of aryl methyl sites for hydroxylation is 1. The number of ether oxygens (including phenoxy) is 2. The molecule has 4 aromatic rings. The molecule has 0 saturated carbocycles. The summed E-state index contributed by atoms with van der Waals surface area (Å²) in [5.41, 5.74) is 2.86. The molecule has 34 heavy (non-hydrogen) atoms. The molecule has 0 atom stereocenters. The third kappa shape index (κ3) is 4.33. The van der Waals surface area contributed by atoms with Gasteiger partial charge < -0.3 is 14.0 Å². The van der Waals surface area contributed by atoms with Gasteiger partial charge in [-0.25, -0.2) is 4.98 Å². The van der Waals surface area contributed by atoms with Crippen molar-refractivity contribution in [1.82, 2.24) is 24.3 Å². The average Bonchev–Trinajstić information content (AvgIpc) is 3.38. The van der Waals surface area contributed by atoms with Crippen LogP contribution in [0.1, 0.15) is 29.0 Å². The van der Waals surface area contributed by atoms with E-state index >= 15 is 0 Å². The van der Waals surface area contributed by atoms with Gasteiger partial charge in [-0.2, -0.15) is 13.2 Å². The predicted octanol–water partition coefficient (Wildman–Crippen LogP) is 4.67. The van der Waals surface area contributed by atoms with Gasteiger partial charge in [-0.05, 0) is 25.1 Å². The molecule has 0 bridgehead atoms. The molecule has 0 amide bonds. The molecule has 0 fully saturated rings. The van der Waals surface area contributed by atoms with E-state index in [-0.39, 0.29) is 17.1 Å². The van der Waals surface area contributed by atoms with E-state index in [1.54, 1.807) is 23.0 Å². The minimum absolute atomic E-state index is 0.0256. The fourth-order valence-electron chi connectivity index (χ4n) is 3.71. The number of alkyl halides is 3. The van der Waals surface area contributed by atoms with Crippen molar-refractivity contribution in [2.75, 3.05) is 14.2 Å². The molecule has 0 aliphatic rings. The van der Waals surface area contributed by atoms with Gasteiger partial charge >= 0.3 is 6.18 Å². The van der Waals surface area contributed by atoms with Crippen molar-refractivity contribution >= 4 is 16.8 Å². The first-order chi connectivity index (χ1) is 16.1. The van der Waals surface area contributed by atoms with Gasteiger partial charge in [-0.1, -0.05) is 0 Å². The maximum absolute atomic E-state index is 12.6. The van der Waals surface area contributed by atoms with Gasteiger partial charge in [-0.15, -0.1) is 10.2 Å². The number of carbonyl (C=O) groups excluding carboxylic acids is 1. The summed E-state index contributed by atoms with van der Waals surface area (Å²) >= 11 is 0. The first-order valence-corrected chi connectivity index (χ1v) is 10.3. The second kappa shape index (κ2) is 8.81. The highest BCUT2D eigenvalue weighted by Crippen LogP contribution is 2.36. The Morgan fingerprint density at radius 1 is 1.06 bits per heavy atom. The summed E-state index contributed by atoms with van der Waals surface area (Å²) in [6, 6.07) is 8.81. The lowest BCUT2D eigenvalue weighted by Gasteiger charge is -2.16. The van der Waals surface area contributed by atoms with Crippen LogP contribution in [0.25, 0.3) is 28.1 Å². The molecule has 0 saturated heterocycles. The number of ketones is 1. The molecule has 0 radical (unpaired) electrons. The first-order valence-electron chi connectivity index (χ1n) is 10.3. The molecule has 4 rings (SSSR count). The number of aromatic nitrogens is 5. The molecular weight excluding hydrogens is 451 g/mol. The van der Waals surface area contributed by atoms with E-state index in [1.165, 1.54) is 14.2 Å². The lowest BCUT2D eigenvalue weighted by atomic mass is 10.0. The lowest BCUT2D eigenvalue weighted by molar-refractivity contribution is -0.133. The molecule has 0 spiro atoms. The van der Waals surface area contributed by atoms with Gasteiger partial charge in [0, 0.05) is 31.2 Å². The minimum Gasteiger partial charge on any atom is -0.496 e. The Kier molecular flexibility index (Phi) is 6.03. The molecule has 2 aromatic heterocycles. The summed E-state index contributed by atoms with van der Waals surface area (Å²) < 4.78 is 52.2. The van der Waals surface area contributed by atoms with Crippen LogP contribution in [0, 0.1) is 6.92 Å². The summed E-state index contributed by atoms with van der Waals surface area (Å²) in [5, 5.41) is 8.28. The number of carbonyl (C=O) groups is 1. The highest BCUT2D eigenvalue weighted by atomic mass is 19.4. The van der Waals surface area contributed by atoms with Crippen molar-refractivity contribution in [2.45, 2.75) is 25.9 Å². The van der Waals surface area contributed by atoms with Crippen LogP contribution in [-0.4, -0.2) is 50.5 Å². The van der Waals surface area contributed by atoms with Crippen LogP contribution in [0.5, 0.6) is 11.5 Å². The van der Waals surface area contributed by atoms with E-state index in [1.807, 2.05) is 36.7 Å². The Balaban J connectivity index is 1.75. The molecule has 2 aromatic carbocycles. The molecule has 8 nitrogen and oxygen atoms in total. The van der Waals surface area contributed by atoms with Gasteiger partial charge in [0.15, 0.2) is 11.6 Å². The fraction of sp³-hybridized carbons (Fsp3) is 0.304. The monoisotopic (exact) mass is 473 g/mol. The number of methoxy groups -OCH3 is 2. The molecule has 0 unspecified atom stereocenters. The second-order valence-corrected chi connectivity index (χ2v) is 7.71. The minimum atomic E-state index is -4.44. The number of hydrogen-bond donors (Lipinski definition) is 0. The average molecular weight is 473 g/mol. The van der Waals surface area contributed by atoms with Crippen molar-refractivity contribution in [3.63, 3.8) is 0 Å². The maximum atomic E-state index is 12.6. The van der Waals surface area contributed by atoms with Gasteiger partial charge in [-0.3, -0.25) is 9.36 Å². The van der Waals surface area contributed by atoms with Crippen LogP contribution < -0.4 is 9.47 Å². The second-order valence-electron chi connectivity index (χ2n) is 7.71. The van der Waals surface area contributed by atoms with E-state index in [9.17, 15) is 18.0 Å². The summed E-state index contributed by atoms with van der Waals surface area (Å²) in [7, 11) is 4.57. The Hall–Kier alpha value is -3.89. The van der Waals surface area contributed by atoms with E-state index in [2.05, 4.69) is 15.2 Å². The fourth-order valence-corrected chi connectivity index (χ4v) is 3.71. The Morgan fingerprint density at radius 2 is 1.74 bits per heavy atom. The highest BCUT2D eigenvalue weighted by Gasteiger charge is 2.30. The van der Waals surface area contributed by atoms with E-state index < -0.39 is 24.8 Å². The molecule has 11 heteroatoms. The third-order valence-electron chi connectivity index (χ3n) is 5.58.